The molecule has 0 aliphatic carbocycles. The third kappa shape index (κ3) is 2.96. The number of hydrogen-bond acceptors (Lipinski definition) is 2. The van der Waals surface area contributed by atoms with Crippen LogP contribution in [0.5, 0.6) is 0 Å². The fourth-order valence-electron chi connectivity index (χ4n) is 3.45. The number of likely N-dealkylation sites (tertiary alicyclic amines) is 1. The zero-order valence-corrected chi connectivity index (χ0v) is 14.6. The molecule has 1 aromatic heterocycles. The van der Waals surface area contributed by atoms with Gasteiger partial charge >= 0.3 is 0 Å². The third-order valence-corrected chi connectivity index (χ3v) is 4.99. The normalized spacial score (nSPS) is 22.2. The zero-order valence-electron chi connectivity index (χ0n) is 14.6. The van der Waals surface area contributed by atoms with Gasteiger partial charge in [0.05, 0.1) is 0 Å². The summed E-state index contributed by atoms with van der Waals surface area (Å²) in [5.74, 6) is 1.38. The molecule has 22 heavy (non-hydrogen) atoms. The Kier molecular flexibility index (Phi) is 4.78. The SMILES string of the molecule is CC(=O)c1c(C)[nH]c(C(=O)N2CC[C@@H](C)[C@H](C)C2)c1C(C)C. The summed E-state index contributed by atoms with van der Waals surface area (Å²) in [6, 6.07) is 0. The Morgan fingerprint density at radius 1 is 1.23 bits per heavy atom. The molecule has 4 heteroatoms. The van der Waals surface area contributed by atoms with Crippen molar-refractivity contribution in [3.63, 3.8) is 0 Å². The van der Waals surface area contributed by atoms with Crippen molar-refractivity contribution in [2.45, 2.75) is 53.9 Å². The predicted molar refractivity (Wildman–Crippen MR) is 88.5 cm³/mol. The molecule has 2 atom stereocenters. The monoisotopic (exact) mass is 304 g/mol. The molecule has 2 heterocycles. The van der Waals surface area contributed by atoms with Crippen LogP contribution in [-0.2, 0) is 0 Å². The highest BCUT2D eigenvalue weighted by molar-refractivity contribution is 6.03. The number of aromatic nitrogens is 1. The van der Waals surface area contributed by atoms with Crippen LogP contribution in [0.4, 0.5) is 0 Å². The molecule has 1 N–H and O–H groups in total. The number of piperidine rings is 1. The predicted octanol–water partition coefficient (Wildman–Crippen LogP) is 3.77. The maximum atomic E-state index is 12.9. The molecule has 0 aromatic carbocycles. The lowest BCUT2D eigenvalue weighted by atomic mass is 9.88. The summed E-state index contributed by atoms with van der Waals surface area (Å²) in [6.45, 7) is 13.6. The molecule has 1 aliphatic heterocycles. The van der Waals surface area contributed by atoms with Crippen molar-refractivity contribution in [2.24, 2.45) is 11.8 Å². The first-order valence-corrected chi connectivity index (χ1v) is 8.26. The maximum absolute atomic E-state index is 12.9. The average molecular weight is 304 g/mol. The van der Waals surface area contributed by atoms with Crippen LogP contribution in [0.15, 0.2) is 0 Å². The van der Waals surface area contributed by atoms with Gasteiger partial charge in [-0.15, -0.1) is 0 Å². The Bertz CT molecular complexity index is 586. The number of ketones is 1. The Balaban J connectivity index is 2.38. The highest BCUT2D eigenvalue weighted by atomic mass is 16.2. The van der Waals surface area contributed by atoms with E-state index in [0.717, 1.165) is 30.8 Å². The van der Waals surface area contributed by atoms with Crippen LogP contribution in [0.1, 0.15) is 79.1 Å². The van der Waals surface area contributed by atoms with Gasteiger partial charge in [-0.05, 0) is 43.6 Å². The number of nitrogens with one attached hydrogen (secondary N) is 1. The maximum Gasteiger partial charge on any atom is 0.270 e. The van der Waals surface area contributed by atoms with Crippen molar-refractivity contribution in [2.75, 3.05) is 13.1 Å². The van der Waals surface area contributed by atoms with E-state index in [4.69, 9.17) is 0 Å². The number of aryl methyl sites for hydroxylation is 1. The Hall–Kier alpha value is -1.58. The van der Waals surface area contributed by atoms with Crippen LogP contribution in [0.25, 0.3) is 0 Å². The van der Waals surface area contributed by atoms with Crippen LogP contribution >= 0.6 is 0 Å². The van der Waals surface area contributed by atoms with E-state index in [1.807, 2.05) is 25.7 Å². The molecule has 122 valence electrons. The number of hydrogen-bond donors (Lipinski definition) is 1. The first kappa shape index (κ1) is 16.8. The van der Waals surface area contributed by atoms with Crippen molar-refractivity contribution in [3.8, 4) is 0 Å². The molecule has 0 bridgehead atoms. The highest BCUT2D eigenvalue weighted by Gasteiger charge is 2.31. The third-order valence-electron chi connectivity index (χ3n) is 4.99. The number of Topliss-reactive ketones (excluding diaryl/α,β-unsaturated/α-hetero) is 1. The lowest BCUT2D eigenvalue weighted by Gasteiger charge is -2.35. The molecule has 0 spiro atoms. The van der Waals surface area contributed by atoms with E-state index >= 15 is 0 Å². The Morgan fingerprint density at radius 3 is 2.36 bits per heavy atom. The second kappa shape index (κ2) is 6.27. The fourth-order valence-corrected chi connectivity index (χ4v) is 3.45. The van der Waals surface area contributed by atoms with Crippen molar-refractivity contribution in [1.29, 1.82) is 0 Å². The summed E-state index contributed by atoms with van der Waals surface area (Å²) in [7, 11) is 0. The van der Waals surface area contributed by atoms with Gasteiger partial charge in [0.2, 0.25) is 0 Å². The van der Waals surface area contributed by atoms with E-state index in [-0.39, 0.29) is 17.6 Å². The van der Waals surface area contributed by atoms with Gasteiger partial charge in [0.25, 0.3) is 5.91 Å². The van der Waals surface area contributed by atoms with Gasteiger partial charge in [0, 0.05) is 24.3 Å². The lowest BCUT2D eigenvalue weighted by Crippen LogP contribution is -2.42. The molecular formula is C18H28N2O2. The molecule has 1 fully saturated rings. The summed E-state index contributed by atoms with van der Waals surface area (Å²) >= 11 is 0. The summed E-state index contributed by atoms with van der Waals surface area (Å²) < 4.78 is 0. The molecule has 0 unspecified atom stereocenters. The van der Waals surface area contributed by atoms with Gasteiger partial charge < -0.3 is 9.88 Å². The molecule has 4 nitrogen and oxygen atoms in total. The number of amides is 1. The summed E-state index contributed by atoms with van der Waals surface area (Å²) in [5.41, 5.74) is 2.98. The smallest absolute Gasteiger partial charge is 0.270 e. The number of nitrogens with zero attached hydrogens (tertiary/aromatic N) is 1. The number of rotatable bonds is 3. The topological polar surface area (TPSA) is 53.2 Å². The largest absolute Gasteiger partial charge is 0.354 e. The van der Waals surface area contributed by atoms with Crippen LogP contribution in [0.3, 0.4) is 0 Å². The summed E-state index contributed by atoms with van der Waals surface area (Å²) in [5, 5.41) is 0. The average Bonchev–Trinajstić information content (AvgIpc) is 2.79. The minimum atomic E-state index is 0.0251. The lowest BCUT2D eigenvalue weighted by molar-refractivity contribution is 0.0620. The number of carbonyl (C=O) groups is 2. The second-order valence-electron chi connectivity index (χ2n) is 7.12. The Morgan fingerprint density at radius 2 is 1.86 bits per heavy atom. The van der Waals surface area contributed by atoms with Crippen molar-refractivity contribution in [3.05, 3.63) is 22.5 Å². The fraction of sp³-hybridized carbons (Fsp3) is 0.667. The summed E-state index contributed by atoms with van der Waals surface area (Å²) in [6.07, 6.45) is 1.04. The van der Waals surface area contributed by atoms with Gasteiger partial charge in [-0.1, -0.05) is 27.7 Å². The van der Waals surface area contributed by atoms with Gasteiger partial charge in [-0.3, -0.25) is 9.59 Å². The van der Waals surface area contributed by atoms with E-state index in [0.29, 0.717) is 23.1 Å². The van der Waals surface area contributed by atoms with Crippen LogP contribution in [-0.4, -0.2) is 34.7 Å². The standard InChI is InChI=1S/C18H28N2O2/c1-10(2)15-16(14(6)21)13(5)19-17(15)18(22)20-8-7-11(3)12(4)9-20/h10-12,19H,7-9H2,1-6H3/t11-,12-/m1/s1. The van der Waals surface area contributed by atoms with E-state index < -0.39 is 0 Å². The second-order valence-corrected chi connectivity index (χ2v) is 7.12. The molecule has 1 aromatic rings. The molecular weight excluding hydrogens is 276 g/mol. The first-order valence-electron chi connectivity index (χ1n) is 8.26. The van der Waals surface area contributed by atoms with E-state index in [1.165, 1.54) is 0 Å². The van der Waals surface area contributed by atoms with E-state index in [1.54, 1.807) is 6.92 Å². The van der Waals surface area contributed by atoms with Crippen LogP contribution in [0, 0.1) is 18.8 Å². The van der Waals surface area contributed by atoms with Gasteiger partial charge in [-0.2, -0.15) is 0 Å². The number of carbonyl (C=O) groups excluding carboxylic acids is 2. The van der Waals surface area contributed by atoms with Gasteiger partial charge in [0.15, 0.2) is 5.78 Å². The summed E-state index contributed by atoms with van der Waals surface area (Å²) in [4.78, 5) is 30.0. The van der Waals surface area contributed by atoms with Crippen LogP contribution in [0.2, 0.25) is 0 Å². The van der Waals surface area contributed by atoms with Crippen molar-refractivity contribution >= 4 is 11.7 Å². The Labute approximate surface area is 133 Å². The molecule has 1 amide bonds. The van der Waals surface area contributed by atoms with Gasteiger partial charge in [-0.25, -0.2) is 0 Å². The number of H-pyrrole nitrogens is 1. The van der Waals surface area contributed by atoms with Crippen molar-refractivity contribution in [1.82, 2.24) is 9.88 Å². The molecule has 1 aliphatic rings. The first-order chi connectivity index (χ1) is 10.2. The van der Waals surface area contributed by atoms with E-state index in [2.05, 4.69) is 18.8 Å². The highest BCUT2D eigenvalue weighted by Crippen LogP contribution is 2.30. The number of aromatic amines is 1. The molecule has 2 rings (SSSR count). The van der Waals surface area contributed by atoms with Gasteiger partial charge in [0.1, 0.15) is 5.69 Å². The molecule has 0 saturated carbocycles. The minimum Gasteiger partial charge on any atom is -0.354 e. The van der Waals surface area contributed by atoms with Crippen LogP contribution < -0.4 is 0 Å². The van der Waals surface area contributed by atoms with E-state index in [9.17, 15) is 9.59 Å². The quantitative estimate of drug-likeness (QED) is 0.864. The molecule has 1 saturated heterocycles. The molecule has 0 radical (unpaired) electrons. The van der Waals surface area contributed by atoms with Crippen molar-refractivity contribution < 1.29 is 9.59 Å². The zero-order chi connectivity index (χ0) is 16.6. The minimum absolute atomic E-state index is 0.0251.